The molecule has 4 heteroatoms. The number of nitrogens with zero attached hydrogens (tertiary/aromatic N) is 1. The Balaban J connectivity index is 3.26. The van der Waals surface area contributed by atoms with E-state index in [4.69, 9.17) is 0 Å². The van der Waals surface area contributed by atoms with Gasteiger partial charge in [-0.25, -0.2) is 4.39 Å². The molecule has 0 bridgehead atoms. The molecule has 0 atom stereocenters. The number of aliphatic hydroxyl groups is 1. The zero-order valence-electron chi connectivity index (χ0n) is 10.1. The Bertz CT molecular complexity index is 383. The summed E-state index contributed by atoms with van der Waals surface area (Å²) in [5.41, 5.74) is -0.570. The fourth-order valence-corrected chi connectivity index (χ4v) is 1.58. The summed E-state index contributed by atoms with van der Waals surface area (Å²) in [6.07, 6.45) is 0. The van der Waals surface area contributed by atoms with Crippen molar-refractivity contribution in [3.05, 3.63) is 29.1 Å². The topological polar surface area (TPSA) is 43.7 Å². The smallest absolute Gasteiger partial charge is 0.126 e. The second kappa shape index (κ2) is 4.39. The average Bonchev–Trinajstić information content (AvgIpc) is 2.07. The van der Waals surface area contributed by atoms with Crippen molar-refractivity contribution in [2.45, 2.75) is 26.0 Å². The Morgan fingerprint density at radius 2 is 1.88 bits per heavy atom. The van der Waals surface area contributed by atoms with E-state index >= 15 is 0 Å². The Morgan fingerprint density at radius 3 is 2.31 bits per heavy atom. The molecule has 0 radical (unpaired) electrons. The van der Waals surface area contributed by atoms with Crippen LogP contribution in [0, 0.1) is 5.82 Å². The first kappa shape index (κ1) is 12.9. The van der Waals surface area contributed by atoms with E-state index < -0.39 is 11.4 Å². The maximum absolute atomic E-state index is 13.3. The number of hydrogen-bond acceptors (Lipinski definition) is 3. The van der Waals surface area contributed by atoms with E-state index in [1.165, 1.54) is 19.9 Å². The van der Waals surface area contributed by atoms with Gasteiger partial charge in [-0.3, -0.25) is 0 Å². The zero-order chi connectivity index (χ0) is 12.5. The van der Waals surface area contributed by atoms with E-state index in [1.807, 2.05) is 19.0 Å². The van der Waals surface area contributed by atoms with Crippen molar-refractivity contribution in [1.82, 2.24) is 4.90 Å². The quantitative estimate of drug-likeness (QED) is 0.827. The van der Waals surface area contributed by atoms with Gasteiger partial charge in [-0.1, -0.05) is 0 Å². The standard InChI is InChI=1S/C12H18FNO2/c1-12(2,16)10-6-9(13)5-8(11(10)15)7-14(3)4/h5-6,15-16H,7H2,1-4H3. The van der Waals surface area contributed by atoms with Crippen LogP contribution >= 0.6 is 0 Å². The van der Waals surface area contributed by atoms with Crippen molar-refractivity contribution < 1.29 is 14.6 Å². The van der Waals surface area contributed by atoms with Crippen LogP contribution in [-0.2, 0) is 12.1 Å². The Hall–Kier alpha value is -1.13. The zero-order valence-corrected chi connectivity index (χ0v) is 10.1. The van der Waals surface area contributed by atoms with E-state index in [0.717, 1.165) is 6.07 Å². The molecule has 0 spiro atoms. The SMILES string of the molecule is CN(C)Cc1cc(F)cc(C(C)(C)O)c1O. The highest BCUT2D eigenvalue weighted by molar-refractivity contribution is 5.43. The lowest BCUT2D eigenvalue weighted by atomic mass is 9.94. The van der Waals surface area contributed by atoms with E-state index in [1.54, 1.807) is 0 Å². The van der Waals surface area contributed by atoms with Gasteiger partial charge in [0, 0.05) is 17.7 Å². The van der Waals surface area contributed by atoms with Gasteiger partial charge < -0.3 is 15.1 Å². The number of phenols is 1. The first-order valence-electron chi connectivity index (χ1n) is 5.11. The van der Waals surface area contributed by atoms with Crippen LogP contribution in [-0.4, -0.2) is 29.2 Å². The largest absolute Gasteiger partial charge is 0.507 e. The number of aromatic hydroxyl groups is 1. The first-order valence-corrected chi connectivity index (χ1v) is 5.11. The van der Waals surface area contributed by atoms with Gasteiger partial charge in [0.15, 0.2) is 0 Å². The second-order valence-electron chi connectivity index (χ2n) is 4.76. The molecule has 90 valence electrons. The monoisotopic (exact) mass is 227 g/mol. The molecule has 0 aromatic heterocycles. The third-order valence-electron chi connectivity index (χ3n) is 2.30. The molecule has 16 heavy (non-hydrogen) atoms. The molecule has 1 aromatic carbocycles. The molecule has 0 saturated heterocycles. The number of benzene rings is 1. The molecule has 0 amide bonds. The summed E-state index contributed by atoms with van der Waals surface area (Å²) in [4.78, 5) is 1.82. The Labute approximate surface area is 95.1 Å². The van der Waals surface area contributed by atoms with E-state index in [2.05, 4.69) is 0 Å². The third-order valence-corrected chi connectivity index (χ3v) is 2.30. The van der Waals surface area contributed by atoms with Crippen molar-refractivity contribution in [1.29, 1.82) is 0 Å². The van der Waals surface area contributed by atoms with Crippen LogP contribution in [0.3, 0.4) is 0 Å². The summed E-state index contributed by atoms with van der Waals surface area (Å²) in [6, 6.07) is 2.44. The van der Waals surface area contributed by atoms with Gasteiger partial charge in [0.2, 0.25) is 0 Å². The lowest BCUT2D eigenvalue weighted by molar-refractivity contribution is 0.0751. The lowest BCUT2D eigenvalue weighted by Crippen LogP contribution is -2.18. The normalized spacial score (nSPS) is 12.2. The van der Waals surface area contributed by atoms with Crippen molar-refractivity contribution in [3.63, 3.8) is 0 Å². The fraction of sp³-hybridized carbons (Fsp3) is 0.500. The number of halogens is 1. The van der Waals surface area contributed by atoms with Crippen molar-refractivity contribution >= 4 is 0 Å². The molecule has 0 fully saturated rings. The van der Waals surface area contributed by atoms with Crippen molar-refractivity contribution in [2.75, 3.05) is 14.1 Å². The minimum Gasteiger partial charge on any atom is -0.507 e. The van der Waals surface area contributed by atoms with Crippen molar-refractivity contribution in [2.24, 2.45) is 0 Å². The van der Waals surface area contributed by atoms with Crippen LogP contribution in [0.2, 0.25) is 0 Å². The number of hydrogen-bond donors (Lipinski definition) is 2. The minimum absolute atomic E-state index is 0.0393. The van der Waals surface area contributed by atoms with Gasteiger partial charge in [0.05, 0.1) is 5.60 Å². The summed E-state index contributed by atoms with van der Waals surface area (Å²) < 4.78 is 13.3. The van der Waals surface area contributed by atoms with E-state index in [0.29, 0.717) is 12.1 Å². The van der Waals surface area contributed by atoms with Crippen molar-refractivity contribution in [3.8, 4) is 5.75 Å². The van der Waals surface area contributed by atoms with Crippen LogP contribution in [0.5, 0.6) is 5.75 Å². The highest BCUT2D eigenvalue weighted by Gasteiger charge is 2.23. The highest BCUT2D eigenvalue weighted by Crippen LogP contribution is 2.33. The summed E-state index contributed by atoms with van der Waals surface area (Å²) >= 11 is 0. The molecule has 1 aromatic rings. The molecular weight excluding hydrogens is 209 g/mol. The first-order chi connectivity index (χ1) is 7.21. The minimum atomic E-state index is -1.26. The Morgan fingerprint density at radius 1 is 1.31 bits per heavy atom. The number of rotatable bonds is 3. The lowest BCUT2D eigenvalue weighted by Gasteiger charge is -2.22. The molecule has 2 N–H and O–H groups in total. The van der Waals surface area contributed by atoms with Crippen LogP contribution in [0.15, 0.2) is 12.1 Å². The molecule has 0 aliphatic rings. The molecule has 0 unspecified atom stereocenters. The van der Waals surface area contributed by atoms with Crippen LogP contribution in [0.4, 0.5) is 4.39 Å². The molecular formula is C12H18FNO2. The van der Waals surface area contributed by atoms with E-state index in [9.17, 15) is 14.6 Å². The predicted molar refractivity (Wildman–Crippen MR) is 60.7 cm³/mol. The molecule has 0 saturated carbocycles. The fourth-order valence-electron chi connectivity index (χ4n) is 1.58. The summed E-state index contributed by atoms with van der Waals surface area (Å²) in [5.74, 6) is -0.491. The van der Waals surface area contributed by atoms with Crippen LogP contribution in [0.1, 0.15) is 25.0 Å². The third kappa shape index (κ3) is 2.93. The second-order valence-corrected chi connectivity index (χ2v) is 4.76. The van der Waals surface area contributed by atoms with Gasteiger partial charge in [-0.2, -0.15) is 0 Å². The molecule has 0 aliphatic heterocycles. The van der Waals surface area contributed by atoms with Crippen LogP contribution < -0.4 is 0 Å². The van der Waals surface area contributed by atoms with Gasteiger partial charge in [-0.15, -0.1) is 0 Å². The molecule has 1 rings (SSSR count). The summed E-state index contributed by atoms with van der Waals surface area (Å²) in [6.45, 7) is 3.45. The van der Waals surface area contributed by atoms with Gasteiger partial charge >= 0.3 is 0 Å². The average molecular weight is 227 g/mol. The summed E-state index contributed by atoms with van der Waals surface area (Å²) in [5, 5.41) is 19.8. The Kier molecular flexibility index (Phi) is 3.55. The van der Waals surface area contributed by atoms with Gasteiger partial charge in [0.1, 0.15) is 11.6 Å². The summed E-state index contributed by atoms with van der Waals surface area (Å²) in [7, 11) is 3.65. The van der Waals surface area contributed by atoms with Crippen LogP contribution in [0.25, 0.3) is 0 Å². The van der Waals surface area contributed by atoms with E-state index in [-0.39, 0.29) is 11.3 Å². The maximum atomic E-state index is 13.3. The number of phenolic OH excluding ortho intramolecular Hbond substituents is 1. The maximum Gasteiger partial charge on any atom is 0.126 e. The molecule has 0 heterocycles. The predicted octanol–water partition coefficient (Wildman–Crippen LogP) is 1.82. The highest BCUT2D eigenvalue weighted by atomic mass is 19.1. The van der Waals surface area contributed by atoms with Gasteiger partial charge in [-0.05, 0) is 40.1 Å². The van der Waals surface area contributed by atoms with Gasteiger partial charge in [0.25, 0.3) is 0 Å². The molecule has 0 aliphatic carbocycles. The molecule has 3 nitrogen and oxygen atoms in total.